The van der Waals surface area contributed by atoms with E-state index in [1.54, 1.807) is 6.07 Å². The molecule has 0 amide bonds. The zero-order valence-electron chi connectivity index (χ0n) is 11.2. The molecule has 1 atom stereocenters. The first-order chi connectivity index (χ1) is 8.97. The molecule has 1 aromatic rings. The number of rotatable bonds is 6. The van der Waals surface area contributed by atoms with Gasteiger partial charge in [-0.2, -0.15) is 0 Å². The maximum Gasteiger partial charge on any atom is 0.242 e. The molecule has 0 aromatic carbocycles. The van der Waals surface area contributed by atoms with Gasteiger partial charge in [0.1, 0.15) is 0 Å². The van der Waals surface area contributed by atoms with Crippen molar-refractivity contribution >= 4 is 21.4 Å². The van der Waals surface area contributed by atoms with Gasteiger partial charge in [-0.3, -0.25) is 0 Å². The first-order valence-electron chi connectivity index (χ1n) is 6.36. The first kappa shape index (κ1) is 14.9. The molecule has 1 aliphatic rings. The normalized spacial score (nSPS) is 23.9. The summed E-state index contributed by atoms with van der Waals surface area (Å²) in [5.41, 5.74) is -0.490. The van der Waals surface area contributed by atoms with Gasteiger partial charge >= 0.3 is 0 Å². The molecule has 1 unspecified atom stereocenters. The van der Waals surface area contributed by atoms with E-state index in [2.05, 4.69) is 10.0 Å². The monoisotopic (exact) mass is 304 g/mol. The van der Waals surface area contributed by atoms with E-state index in [0.717, 1.165) is 11.4 Å². The Morgan fingerprint density at radius 1 is 1.53 bits per heavy atom. The van der Waals surface area contributed by atoms with Crippen LogP contribution in [0.25, 0.3) is 0 Å². The third kappa shape index (κ3) is 3.55. The quantitative estimate of drug-likeness (QED) is 0.832. The maximum absolute atomic E-state index is 12.5. The average molecular weight is 304 g/mol. The van der Waals surface area contributed by atoms with Crippen LogP contribution in [0.3, 0.4) is 0 Å². The van der Waals surface area contributed by atoms with E-state index in [1.165, 1.54) is 11.3 Å². The molecule has 0 radical (unpaired) electrons. The van der Waals surface area contributed by atoms with Gasteiger partial charge in [-0.15, -0.1) is 11.3 Å². The van der Waals surface area contributed by atoms with Crippen molar-refractivity contribution in [3.63, 3.8) is 0 Å². The summed E-state index contributed by atoms with van der Waals surface area (Å²) in [6.07, 6.45) is 0.707. The van der Waals surface area contributed by atoms with Gasteiger partial charge in [-0.25, -0.2) is 13.1 Å². The molecule has 19 heavy (non-hydrogen) atoms. The molecule has 1 fully saturated rings. The Bertz CT molecular complexity index is 519. The Balaban J connectivity index is 2.17. The van der Waals surface area contributed by atoms with E-state index in [4.69, 9.17) is 4.74 Å². The van der Waals surface area contributed by atoms with E-state index in [0.29, 0.717) is 31.1 Å². The summed E-state index contributed by atoms with van der Waals surface area (Å²) in [4.78, 5) is 1.23. The molecule has 1 aromatic heterocycles. The second kappa shape index (κ2) is 5.88. The molecule has 0 bridgehead atoms. The second-order valence-corrected chi connectivity index (χ2v) is 7.61. The maximum atomic E-state index is 12.5. The van der Waals surface area contributed by atoms with Crippen LogP contribution in [0.4, 0.5) is 0 Å². The lowest BCUT2D eigenvalue weighted by Gasteiger charge is -2.23. The van der Waals surface area contributed by atoms with E-state index in [9.17, 15) is 8.42 Å². The van der Waals surface area contributed by atoms with E-state index >= 15 is 0 Å². The first-order valence-corrected chi connectivity index (χ1v) is 8.72. The molecule has 0 saturated carbocycles. The highest BCUT2D eigenvalue weighted by Gasteiger charge is 2.35. The molecule has 5 nitrogen and oxygen atoms in total. The summed E-state index contributed by atoms with van der Waals surface area (Å²) >= 11 is 1.46. The topological polar surface area (TPSA) is 67.4 Å². The zero-order valence-corrected chi connectivity index (χ0v) is 12.9. The summed E-state index contributed by atoms with van der Waals surface area (Å²) in [6, 6.07) is 1.67. The van der Waals surface area contributed by atoms with Crippen molar-refractivity contribution in [1.29, 1.82) is 0 Å². The molecule has 0 aliphatic carbocycles. The molecule has 2 rings (SSSR count). The predicted molar refractivity (Wildman–Crippen MR) is 75.9 cm³/mol. The van der Waals surface area contributed by atoms with Crippen molar-refractivity contribution < 1.29 is 13.2 Å². The Labute approximate surface area is 118 Å². The fraction of sp³-hybridized carbons (Fsp3) is 0.667. The highest BCUT2D eigenvalue weighted by Crippen LogP contribution is 2.25. The summed E-state index contributed by atoms with van der Waals surface area (Å²) in [5, 5.41) is 4.97. The molecule has 108 valence electrons. The highest BCUT2D eigenvalue weighted by molar-refractivity contribution is 7.89. The molecule has 2 N–H and O–H groups in total. The number of thiophene rings is 1. The summed E-state index contributed by atoms with van der Waals surface area (Å²) in [6.45, 7) is 6.31. The van der Waals surface area contributed by atoms with Gasteiger partial charge < -0.3 is 10.1 Å². The SMILES string of the molecule is CCNCc1sccc1S(=O)(=O)NC1(C)CCOC1. The minimum absolute atomic E-state index is 0.381. The largest absolute Gasteiger partial charge is 0.379 e. The number of sulfonamides is 1. The number of hydrogen-bond donors (Lipinski definition) is 2. The van der Waals surface area contributed by atoms with Gasteiger partial charge in [-0.1, -0.05) is 6.92 Å². The van der Waals surface area contributed by atoms with Crippen LogP contribution < -0.4 is 10.0 Å². The third-order valence-electron chi connectivity index (χ3n) is 3.13. The smallest absolute Gasteiger partial charge is 0.242 e. The Morgan fingerprint density at radius 2 is 2.32 bits per heavy atom. The van der Waals surface area contributed by atoms with E-state index in [1.807, 2.05) is 19.2 Å². The van der Waals surface area contributed by atoms with Crippen LogP contribution in [0.2, 0.25) is 0 Å². The minimum atomic E-state index is -3.48. The lowest BCUT2D eigenvalue weighted by atomic mass is 10.0. The number of ether oxygens (including phenoxy) is 1. The van der Waals surface area contributed by atoms with Gasteiger partial charge in [0, 0.05) is 18.0 Å². The van der Waals surface area contributed by atoms with Crippen LogP contribution in [0.15, 0.2) is 16.3 Å². The van der Waals surface area contributed by atoms with E-state index < -0.39 is 15.6 Å². The molecular formula is C12H20N2O3S2. The predicted octanol–water partition coefficient (Wildman–Crippen LogP) is 1.31. The van der Waals surface area contributed by atoms with Crippen molar-refractivity contribution in [3.05, 3.63) is 16.3 Å². The van der Waals surface area contributed by atoms with Gasteiger partial charge in [0.05, 0.1) is 17.0 Å². The average Bonchev–Trinajstić information content (AvgIpc) is 2.94. The van der Waals surface area contributed by atoms with Crippen LogP contribution in [-0.2, 0) is 21.3 Å². The molecule has 2 heterocycles. The summed E-state index contributed by atoms with van der Waals surface area (Å²) in [7, 11) is -3.48. The van der Waals surface area contributed by atoms with Crippen molar-refractivity contribution in [2.45, 2.75) is 37.2 Å². The van der Waals surface area contributed by atoms with Crippen LogP contribution in [-0.4, -0.2) is 33.7 Å². The van der Waals surface area contributed by atoms with Gasteiger partial charge in [0.15, 0.2) is 0 Å². The third-order valence-corrected chi connectivity index (χ3v) is 5.90. The fourth-order valence-electron chi connectivity index (χ4n) is 2.06. The zero-order chi connectivity index (χ0) is 13.9. The van der Waals surface area contributed by atoms with Crippen molar-refractivity contribution in [2.75, 3.05) is 19.8 Å². The highest BCUT2D eigenvalue weighted by atomic mass is 32.2. The van der Waals surface area contributed by atoms with Crippen molar-refractivity contribution in [1.82, 2.24) is 10.0 Å². The summed E-state index contributed by atoms with van der Waals surface area (Å²) in [5.74, 6) is 0. The Kier molecular flexibility index (Phi) is 4.62. The van der Waals surface area contributed by atoms with Gasteiger partial charge in [0.25, 0.3) is 0 Å². The molecule has 0 spiro atoms. The second-order valence-electron chi connectivity index (χ2n) is 4.96. The van der Waals surface area contributed by atoms with Crippen molar-refractivity contribution in [2.24, 2.45) is 0 Å². The molecule has 7 heteroatoms. The lowest BCUT2D eigenvalue weighted by molar-refractivity contribution is 0.178. The van der Waals surface area contributed by atoms with Crippen LogP contribution in [0.1, 0.15) is 25.1 Å². The number of hydrogen-bond acceptors (Lipinski definition) is 5. The van der Waals surface area contributed by atoms with Crippen LogP contribution in [0.5, 0.6) is 0 Å². The molecule has 1 aliphatic heterocycles. The van der Waals surface area contributed by atoms with Crippen molar-refractivity contribution in [3.8, 4) is 0 Å². The van der Waals surface area contributed by atoms with Crippen LogP contribution in [0, 0.1) is 0 Å². The standard InChI is InChI=1S/C12H20N2O3S2/c1-3-13-8-10-11(4-7-18-10)19(15,16)14-12(2)5-6-17-9-12/h4,7,13-14H,3,5-6,8-9H2,1-2H3. The van der Waals surface area contributed by atoms with Gasteiger partial charge in [-0.05, 0) is 31.3 Å². The number of nitrogens with one attached hydrogen (secondary N) is 2. The minimum Gasteiger partial charge on any atom is -0.379 e. The lowest BCUT2D eigenvalue weighted by Crippen LogP contribution is -2.46. The molecule has 1 saturated heterocycles. The van der Waals surface area contributed by atoms with Crippen LogP contribution >= 0.6 is 11.3 Å². The Morgan fingerprint density at radius 3 is 2.95 bits per heavy atom. The van der Waals surface area contributed by atoms with Gasteiger partial charge in [0.2, 0.25) is 10.0 Å². The van der Waals surface area contributed by atoms with E-state index in [-0.39, 0.29) is 0 Å². The fourth-order valence-corrected chi connectivity index (χ4v) is 4.90. The Hall–Kier alpha value is -0.470. The summed E-state index contributed by atoms with van der Waals surface area (Å²) < 4.78 is 33.0. The molecular weight excluding hydrogens is 284 g/mol.